The third kappa shape index (κ3) is 5.44. The van der Waals surface area contributed by atoms with Gasteiger partial charge in [0.2, 0.25) is 0 Å². The molecule has 0 saturated heterocycles. The van der Waals surface area contributed by atoms with Gasteiger partial charge in [0.15, 0.2) is 17.5 Å². The molecule has 1 heterocycles. The van der Waals surface area contributed by atoms with Gasteiger partial charge in [0.1, 0.15) is 0 Å². The first-order chi connectivity index (χ1) is 14.1. The lowest BCUT2D eigenvalue weighted by Gasteiger charge is -2.12. The van der Waals surface area contributed by atoms with Crippen molar-refractivity contribution in [2.24, 2.45) is 4.99 Å². The Hall–Kier alpha value is -3.15. The van der Waals surface area contributed by atoms with Crippen LogP contribution in [0.4, 0.5) is 0 Å². The van der Waals surface area contributed by atoms with E-state index in [4.69, 9.17) is 9.73 Å². The van der Waals surface area contributed by atoms with E-state index in [2.05, 4.69) is 53.9 Å². The van der Waals surface area contributed by atoms with Crippen LogP contribution in [0.2, 0.25) is 0 Å². The quantitative estimate of drug-likeness (QED) is 0.348. The van der Waals surface area contributed by atoms with Crippen molar-refractivity contribution in [2.45, 2.75) is 26.7 Å². The maximum Gasteiger partial charge on any atom is 0.191 e. The maximum absolute atomic E-state index is 9.70. The topological polar surface area (TPSA) is 81.7 Å². The zero-order valence-corrected chi connectivity index (χ0v) is 17.4. The molecule has 0 bridgehead atoms. The molecule has 4 N–H and O–H groups in total. The number of hydrogen-bond donors (Lipinski definition) is 4. The van der Waals surface area contributed by atoms with E-state index in [1.54, 1.807) is 13.2 Å². The van der Waals surface area contributed by atoms with Gasteiger partial charge >= 0.3 is 0 Å². The maximum atomic E-state index is 9.70. The Kier molecular flexibility index (Phi) is 7.00. The summed E-state index contributed by atoms with van der Waals surface area (Å²) in [6.45, 7) is 6.43. The molecule has 0 amide bonds. The predicted octanol–water partition coefficient (Wildman–Crippen LogP) is 3.53. The minimum atomic E-state index is 0.159. The number of nitrogens with one attached hydrogen (secondary N) is 3. The molecule has 0 fully saturated rings. The van der Waals surface area contributed by atoms with Crippen molar-refractivity contribution in [1.29, 1.82) is 0 Å². The third-order valence-corrected chi connectivity index (χ3v) is 4.87. The second kappa shape index (κ2) is 9.87. The highest BCUT2D eigenvalue weighted by molar-refractivity contribution is 5.84. The number of aromatic amines is 1. The number of methoxy groups -OCH3 is 1. The fraction of sp³-hybridized carbons (Fsp3) is 0.348. The lowest BCUT2D eigenvalue weighted by molar-refractivity contribution is 0.373. The Morgan fingerprint density at radius 3 is 2.79 bits per heavy atom. The molecule has 0 aliphatic carbocycles. The summed E-state index contributed by atoms with van der Waals surface area (Å²) in [7, 11) is 1.56. The van der Waals surface area contributed by atoms with Crippen molar-refractivity contribution in [2.75, 3.05) is 26.7 Å². The average Bonchev–Trinajstić information content (AvgIpc) is 3.11. The summed E-state index contributed by atoms with van der Waals surface area (Å²) in [5.74, 6) is 1.47. The number of ether oxygens (including phenoxy) is 1. The number of fused-ring (bicyclic) bond motifs is 1. The van der Waals surface area contributed by atoms with Gasteiger partial charge in [-0.05, 0) is 61.6 Å². The molecule has 154 valence electrons. The van der Waals surface area contributed by atoms with Crippen LogP contribution in [-0.4, -0.2) is 42.8 Å². The zero-order chi connectivity index (χ0) is 20.6. The Morgan fingerprint density at radius 2 is 2.00 bits per heavy atom. The summed E-state index contributed by atoms with van der Waals surface area (Å²) in [5.41, 5.74) is 4.82. The number of aliphatic imine (C=N–C) groups is 1. The molecular weight excluding hydrogens is 364 g/mol. The molecule has 6 nitrogen and oxygen atoms in total. The van der Waals surface area contributed by atoms with Gasteiger partial charge in [0, 0.05) is 36.7 Å². The van der Waals surface area contributed by atoms with Gasteiger partial charge < -0.3 is 25.5 Å². The molecule has 3 rings (SSSR count). The van der Waals surface area contributed by atoms with E-state index < -0.39 is 0 Å². The van der Waals surface area contributed by atoms with Crippen LogP contribution >= 0.6 is 0 Å². The van der Waals surface area contributed by atoms with E-state index in [9.17, 15) is 5.11 Å². The number of phenols is 1. The number of phenolic OH excluding ortho intramolecular Hbond substituents is 1. The lowest BCUT2D eigenvalue weighted by atomic mass is 10.1. The van der Waals surface area contributed by atoms with Gasteiger partial charge in [0.25, 0.3) is 0 Å². The highest BCUT2D eigenvalue weighted by Gasteiger charge is 2.05. The van der Waals surface area contributed by atoms with Crippen molar-refractivity contribution < 1.29 is 9.84 Å². The van der Waals surface area contributed by atoms with Crippen LogP contribution < -0.4 is 15.4 Å². The van der Waals surface area contributed by atoms with Crippen molar-refractivity contribution in [1.82, 2.24) is 15.6 Å². The van der Waals surface area contributed by atoms with Crippen LogP contribution in [0.15, 0.2) is 47.6 Å². The first-order valence-electron chi connectivity index (χ1n) is 10.1. The van der Waals surface area contributed by atoms with Crippen molar-refractivity contribution in [3.63, 3.8) is 0 Å². The zero-order valence-electron chi connectivity index (χ0n) is 17.4. The van der Waals surface area contributed by atoms with Crippen LogP contribution in [0.1, 0.15) is 23.6 Å². The molecule has 6 heteroatoms. The Labute approximate surface area is 172 Å². The lowest BCUT2D eigenvalue weighted by Crippen LogP contribution is -2.38. The number of hydrogen-bond acceptors (Lipinski definition) is 3. The van der Waals surface area contributed by atoms with E-state index in [0.717, 1.165) is 37.5 Å². The number of rotatable bonds is 8. The van der Waals surface area contributed by atoms with Crippen LogP contribution in [-0.2, 0) is 12.8 Å². The van der Waals surface area contributed by atoms with Crippen molar-refractivity contribution in [3.05, 3.63) is 59.3 Å². The smallest absolute Gasteiger partial charge is 0.191 e. The fourth-order valence-electron chi connectivity index (χ4n) is 3.34. The van der Waals surface area contributed by atoms with Gasteiger partial charge in [-0.2, -0.15) is 0 Å². The molecule has 0 aliphatic heterocycles. The fourth-order valence-corrected chi connectivity index (χ4v) is 3.34. The normalized spacial score (nSPS) is 11.6. The Bertz CT molecular complexity index is 978. The third-order valence-electron chi connectivity index (χ3n) is 4.87. The van der Waals surface area contributed by atoms with Gasteiger partial charge in [-0.1, -0.05) is 18.2 Å². The van der Waals surface area contributed by atoms with Gasteiger partial charge in [-0.15, -0.1) is 0 Å². The van der Waals surface area contributed by atoms with Crippen LogP contribution in [0, 0.1) is 6.92 Å². The Balaban J connectivity index is 1.55. The predicted molar refractivity (Wildman–Crippen MR) is 119 cm³/mol. The van der Waals surface area contributed by atoms with Gasteiger partial charge in [-0.25, -0.2) is 0 Å². The largest absolute Gasteiger partial charge is 0.504 e. The van der Waals surface area contributed by atoms with Crippen molar-refractivity contribution in [3.8, 4) is 11.5 Å². The number of guanidine groups is 1. The highest BCUT2D eigenvalue weighted by Crippen LogP contribution is 2.26. The molecular formula is C23H30N4O2. The molecule has 0 saturated carbocycles. The molecule has 2 aromatic carbocycles. The monoisotopic (exact) mass is 394 g/mol. The van der Waals surface area contributed by atoms with Gasteiger partial charge in [-0.3, -0.25) is 4.99 Å². The summed E-state index contributed by atoms with van der Waals surface area (Å²) in [4.78, 5) is 8.06. The van der Waals surface area contributed by atoms with E-state index >= 15 is 0 Å². The van der Waals surface area contributed by atoms with E-state index in [1.807, 2.05) is 12.1 Å². The molecule has 0 atom stereocenters. The summed E-state index contributed by atoms with van der Waals surface area (Å²) in [5, 5.41) is 17.6. The first kappa shape index (κ1) is 20.6. The number of nitrogens with zero attached hydrogens (tertiary/aromatic N) is 1. The van der Waals surface area contributed by atoms with Gasteiger partial charge in [0.05, 0.1) is 7.11 Å². The molecule has 0 aliphatic rings. The molecule has 3 aromatic rings. The summed E-state index contributed by atoms with van der Waals surface area (Å²) in [6, 6.07) is 11.9. The number of aromatic nitrogens is 1. The minimum Gasteiger partial charge on any atom is -0.504 e. The first-order valence-corrected chi connectivity index (χ1v) is 10.1. The molecule has 0 spiro atoms. The van der Waals surface area contributed by atoms with E-state index in [-0.39, 0.29) is 5.75 Å². The Morgan fingerprint density at radius 1 is 1.14 bits per heavy atom. The van der Waals surface area contributed by atoms with Crippen molar-refractivity contribution >= 4 is 16.9 Å². The summed E-state index contributed by atoms with van der Waals surface area (Å²) >= 11 is 0. The average molecular weight is 395 g/mol. The molecule has 29 heavy (non-hydrogen) atoms. The standard InChI is InChI=1S/C23H30N4O2/c1-4-24-23(25-11-9-17-6-8-21(28)22(14-17)29-3)26-12-10-18-15-27-20-13-16(2)5-7-19(18)20/h5-8,13-15,27-28H,4,9-12H2,1-3H3,(H2,24,25,26). The second-order valence-corrected chi connectivity index (χ2v) is 7.06. The number of aromatic hydroxyl groups is 1. The number of aryl methyl sites for hydroxylation is 1. The van der Waals surface area contributed by atoms with Crippen LogP contribution in [0.3, 0.4) is 0 Å². The van der Waals surface area contributed by atoms with E-state index in [0.29, 0.717) is 12.3 Å². The SMILES string of the molecule is CCNC(=NCCc1c[nH]c2cc(C)ccc12)NCCc1ccc(O)c(OC)c1. The highest BCUT2D eigenvalue weighted by atomic mass is 16.5. The number of H-pyrrole nitrogens is 1. The number of benzene rings is 2. The molecule has 1 aromatic heterocycles. The van der Waals surface area contributed by atoms with Crippen LogP contribution in [0.25, 0.3) is 10.9 Å². The minimum absolute atomic E-state index is 0.159. The molecule has 0 radical (unpaired) electrons. The van der Waals surface area contributed by atoms with Crippen LogP contribution in [0.5, 0.6) is 11.5 Å². The summed E-state index contributed by atoms with van der Waals surface area (Å²) in [6.07, 6.45) is 3.77. The van der Waals surface area contributed by atoms with E-state index in [1.165, 1.54) is 22.0 Å². The summed E-state index contributed by atoms with van der Waals surface area (Å²) < 4.78 is 5.17. The molecule has 0 unspecified atom stereocenters. The second-order valence-electron chi connectivity index (χ2n) is 7.06.